The smallest absolute Gasteiger partial charge is 0.0644 e. The molecule has 3 heteroatoms. The van der Waals surface area contributed by atoms with Crippen LogP contribution in [-0.4, -0.2) is 49.0 Å². The highest BCUT2D eigenvalue weighted by atomic mass is 16.5. The third kappa shape index (κ3) is 2.59. The van der Waals surface area contributed by atoms with E-state index < -0.39 is 0 Å². The Morgan fingerprint density at radius 3 is 3.17 bits per heavy atom. The van der Waals surface area contributed by atoms with E-state index in [-0.39, 0.29) is 12.6 Å². The maximum atomic E-state index is 9.02. The zero-order chi connectivity index (χ0) is 8.81. The van der Waals surface area contributed by atoms with Crippen LogP contribution in [0.15, 0.2) is 12.2 Å². The maximum Gasteiger partial charge on any atom is 0.0644 e. The zero-order valence-corrected chi connectivity index (χ0v) is 7.57. The Balaban J connectivity index is 2.36. The molecule has 0 saturated carbocycles. The summed E-state index contributed by atoms with van der Waals surface area (Å²) in [6, 6.07) is 0.190. The first kappa shape index (κ1) is 9.71. The molecule has 0 aliphatic carbocycles. The first-order valence-electron chi connectivity index (χ1n) is 4.42. The average Bonchev–Trinajstić information content (AvgIpc) is 2.15. The molecule has 0 aromatic heterocycles. The van der Waals surface area contributed by atoms with Gasteiger partial charge in [0, 0.05) is 13.1 Å². The fraction of sp³-hybridized carbons (Fsp3) is 0.778. The molecule has 0 bridgehead atoms. The molecule has 3 nitrogen and oxygen atoms in total. The van der Waals surface area contributed by atoms with Crippen LogP contribution >= 0.6 is 0 Å². The Kier molecular flexibility index (Phi) is 4.29. The third-order valence-corrected chi connectivity index (χ3v) is 2.14. The molecule has 1 fully saturated rings. The van der Waals surface area contributed by atoms with Crippen LogP contribution in [0.5, 0.6) is 0 Å². The number of allylic oxidation sites excluding steroid dienone is 1. The summed E-state index contributed by atoms with van der Waals surface area (Å²) in [4.78, 5) is 2.24. The molecule has 12 heavy (non-hydrogen) atoms. The molecule has 1 saturated heterocycles. The molecule has 0 aromatic rings. The summed E-state index contributed by atoms with van der Waals surface area (Å²) >= 11 is 0. The lowest BCUT2D eigenvalue weighted by atomic mass is 10.2. The van der Waals surface area contributed by atoms with Gasteiger partial charge in [-0.3, -0.25) is 4.90 Å². The predicted octanol–water partition coefficient (Wildman–Crippen LogP) is 0.256. The number of hydrogen-bond acceptors (Lipinski definition) is 3. The lowest BCUT2D eigenvalue weighted by Crippen LogP contribution is -2.47. The van der Waals surface area contributed by atoms with Crippen LogP contribution in [0, 0.1) is 0 Å². The Labute approximate surface area is 73.6 Å². The highest BCUT2D eigenvalue weighted by Gasteiger charge is 2.20. The first-order valence-corrected chi connectivity index (χ1v) is 4.42. The molecule has 0 aromatic carbocycles. The maximum absolute atomic E-state index is 9.02. The van der Waals surface area contributed by atoms with Crippen molar-refractivity contribution in [2.45, 2.75) is 13.0 Å². The minimum absolute atomic E-state index is 0.190. The molecule has 1 atom stereocenters. The zero-order valence-electron chi connectivity index (χ0n) is 7.57. The number of morpholine rings is 1. The fourth-order valence-electron chi connectivity index (χ4n) is 1.34. The van der Waals surface area contributed by atoms with E-state index in [0.29, 0.717) is 6.61 Å². The van der Waals surface area contributed by atoms with Crippen LogP contribution in [0.3, 0.4) is 0 Å². The molecule has 1 N–H and O–H groups in total. The van der Waals surface area contributed by atoms with Crippen molar-refractivity contribution in [2.75, 3.05) is 32.9 Å². The van der Waals surface area contributed by atoms with Gasteiger partial charge in [-0.25, -0.2) is 0 Å². The number of rotatable bonds is 3. The minimum Gasteiger partial charge on any atom is -0.395 e. The van der Waals surface area contributed by atoms with Crippen LogP contribution in [0.4, 0.5) is 0 Å². The summed E-state index contributed by atoms with van der Waals surface area (Å²) in [7, 11) is 0. The Morgan fingerprint density at radius 1 is 1.67 bits per heavy atom. The van der Waals surface area contributed by atoms with E-state index in [0.717, 1.165) is 19.7 Å². The number of hydrogen-bond donors (Lipinski definition) is 1. The quantitative estimate of drug-likeness (QED) is 0.618. The topological polar surface area (TPSA) is 32.7 Å². The van der Waals surface area contributed by atoms with E-state index in [1.54, 1.807) is 0 Å². The molecule has 1 rings (SSSR count). The van der Waals surface area contributed by atoms with Crippen LogP contribution in [0.2, 0.25) is 0 Å². The van der Waals surface area contributed by atoms with E-state index in [1.807, 2.05) is 13.0 Å². The predicted molar refractivity (Wildman–Crippen MR) is 48.1 cm³/mol. The van der Waals surface area contributed by atoms with Gasteiger partial charge in [0.15, 0.2) is 0 Å². The van der Waals surface area contributed by atoms with Crippen molar-refractivity contribution in [3.05, 3.63) is 12.2 Å². The van der Waals surface area contributed by atoms with Gasteiger partial charge < -0.3 is 9.84 Å². The summed E-state index contributed by atoms with van der Waals surface area (Å²) in [5.41, 5.74) is 0. The van der Waals surface area contributed by atoms with E-state index >= 15 is 0 Å². The number of aliphatic hydroxyl groups excluding tert-OH is 1. The molecular weight excluding hydrogens is 154 g/mol. The second-order valence-electron chi connectivity index (χ2n) is 2.98. The van der Waals surface area contributed by atoms with Gasteiger partial charge in [-0.15, -0.1) is 0 Å². The van der Waals surface area contributed by atoms with Crippen molar-refractivity contribution in [1.82, 2.24) is 4.90 Å². The summed E-state index contributed by atoms with van der Waals surface area (Å²) in [6.45, 7) is 5.49. The molecule has 0 spiro atoms. The first-order chi connectivity index (χ1) is 5.88. The second kappa shape index (κ2) is 5.30. The molecular formula is C9H17NO2. The SMILES string of the molecule is C/C=C/CN1CCOCC1CO. The third-order valence-electron chi connectivity index (χ3n) is 2.14. The van der Waals surface area contributed by atoms with Crippen molar-refractivity contribution < 1.29 is 9.84 Å². The molecule has 0 radical (unpaired) electrons. The van der Waals surface area contributed by atoms with Crippen molar-refractivity contribution in [3.8, 4) is 0 Å². The number of aliphatic hydroxyl groups is 1. The highest BCUT2D eigenvalue weighted by Crippen LogP contribution is 2.05. The van der Waals surface area contributed by atoms with Gasteiger partial charge >= 0.3 is 0 Å². The normalized spacial score (nSPS) is 26.7. The van der Waals surface area contributed by atoms with Crippen LogP contribution in [0.25, 0.3) is 0 Å². The standard InChI is InChI=1S/C9H17NO2/c1-2-3-4-10-5-6-12-8-9(10)7-11/h2-3,9,11H,4-8H2,1H3/b3-2+. The van der Waals surface area contributed by atoms with Crippen molar-refractivity contribution in [1.29, 1.82) is 0 Å². The minimum atomic E-state index is 0.190. The van der Waals surface area contributed by atoms with E-state index in [4.69, 9.17) is 9.84 Å². The van der Waals surface area contributed by atoms with Crippen LogP contribution in [0.1, 0.15) is 6.92 Å². The van der Waals surface area contributed by atoms with E-state index in [2.05, 4.69) is 11.0 Å². The van der Waals surface area contributed by atoms with Gasteiger partial charge in [0.05, 0.1) is 25.9 Å². The summed E-state index contributed by atoms with van der Waals surface area (Å²) in [5.74, 6) is 0. The monoisotopic (exact) mass is 171 g/mol. The van der Waals surface area contributed by atoms with Crippen molar-refractivity contribution in [3.63, 3.8) is 0 Å². The molecule has 0 amide bonds. The summed E-state index contributed by atoms with van der Waals surface area (Å²) in [5, 5.41) is 9.02. The Hall–Kier alpha value is -0.380. The van der Waals surface area contributed by atoms with Crippen LogP contribution < -0.4 is 0 Å². The Bertz CT molecular complexity index is 147. The van der Waals surface area contributed by atoms with Gasteiger partial charge in [0.2, 0.25) is 0 Å². The van der Waals surface area contributed by atoms with Crippen LogP contribution in [-0.2, 0) is 4.74 Å². The molecule has 70 valence electrons. The van der Waals surface area contributed by atoms with Gasteiger partial charge in [0.25, 0.3) is 0 Å². The molecule has 1 heterocycles. The Morgan fingerprint density at radius 2 is 2.50 bits per heavy atom. The largest absolute Gasteiger partial charge is 0.395 e. The van der Waals surface area contributed by atoms with Gasteiger partial charge in [0.1, 0.15) is 0 Å². The summed E-state index contributed by atoms with van der Waals surface area (Å²) < 4.78 is 5.26. The van der Waals surface area contributed by atoms with E-state index in [9.17, 15) is 0 Å². The number of nitrogens with zero attached hydrogens (tertiary/aromatic N) is 1. The van der Waals surface area contributed by atoms with Crippen molar-refractivity contribution >= 4 is 0 Å². The number of ether oxygens (including phenoxy) is 1. The van der Waals surface area contributed by atoms with Gasteiger partial charge in [-0.2, -0.15) is 0 Å². The molecule has 1 aliphatic heterocycles. The fourth-order valence-corrected chi connectivity index (χ4v) is 1.34. The second-order valence-corrected chi connectivity index (χ2v) is 2.98. The molecule has 1 unspecified atom stereocenters. The van der Waals surface area contributed by atoms with Crippen molar-refractivity contribution in [2.24, 2.45) is 0 Å². The molecule has 1 aliphatic rings. The average molecular weight is 171 g/mol. The highest BCUT2D eigenvalue weighted by molar-refractivity contribution is 4.85. The van der Waals surface area contributed by atoms with E-state index in [1.165, 1.54) is 0 Å². The summed E-state index contributed by atoms with van der Waals surface area (Å²) in [6.07, 6.45) is 4.14. The lowest BCUT2D eigenvalue weighted by Gasteiger charge is -2.33. The van der Waals surface area contributed by atoms with Gasteiger partial charge in [-0.05, 0) is 6.92 Å². The lowest BCUT2D eigenvalue weighted by molar-refractivity contribution is -0.0219. The van der Waals surface area contributed by atoms with Gasteiger partial charge in [-0.1, -0.05) is 12.2 Å².